The summed E-state index contributed by atoms with van der Waals surface area (Å²) >= 11 is 0. The second-order valence-corrected chi connectivity index (χ2v) is 4.49. The van der Waals surface area contributed by atoms with Crippen LogP contribution in [0.3, 0.4) is 0 Å². The molecular formula is C15H21N3O. The van der Waals surface area contributed by atoms with Crippen molar-refractivity contribution in [2.24, 2.45) is 5.73 Å². The Bertz CT molecular complexity index is 528. The number of methoxy groups -OCH3 is 1. The molecule has 0 saturated heterocycles. The highest BCUT2D eigenvalue weighted by atomic mass is 16.5. The number of nitrogens with one attached hydrogen (secondary N) is 1. The molecule has 19 heavy (non-hydrogen) atoms. The van der Waals surface area contributed by atoms with Gasteiger partial charge in [0.05, 0.1) is 7.11 Å². The van der Waals surface area contributed by atoms with Crippen molar-refractivity contribution in [1.29, 1.82) is 0 Å². The van der Waals surface area contributed by atoms with Crippen molar-refractivity contribution in [2.45, 2.75) is 19.3 Å². The molecule has 0 atom stereocenters. The Morgan fingerprint density at radius 3 is 2.89 bits per heavy atom. The van der Waals surface area contributed by atoms with Crippen molar-refractivity contribution < 1.29 is 4.74 Å². The molecule has 0 bridgehead atoms. The van der Waals surface area contributed by atoms with E-state index in [0.717, 1.165) is 54.7 Å². The smallest absolute Gasteiger partial charge is 0.145 e. The quantitative estimate of drug-likeness (QED) is 0.751. The fourth-order valence-electron chi connectivity index (χ4n) is 2.14. The number of unbranched alkanes of at least 4 members (excludes halogenated alkanes) is 2. The number of benzene rings is 1. The van der Waals surface area contributed by atoms with E-state index in [0.29, 0.717) is 0 Å². The lowest BCUT2D eigenvalue weighted by Crippen LogP contribution is -2.04. The molecule has 0 fully saturated rings. The summed E-state index contributed by atoms with van der Waals surface area (Å²) in [6.45, 7) is 1.73. The van der Waals surface area contributed by atoms with Gasteiger partial charge < -0.3 is 15.8 Å². The molecule has 102 valence electrons. The van der Waals surface area contributed by atoms with E-state index >= 15 is 0 Å². The van der Waals surface area contributed by atoms with Gasteiger partial charge in [-0.05, 0) is 31.5 Å². The van der Waals surface area contributed by atoms with Crippen LogP contribution in [0.4, 0.5) is 5.69 Å². The number of nitrogens with zero attached hydrogens (tertiary/aromatic N) is 1. The average molecular weight is 259 g/mol. The third-order valence-corrected chi connectivity index (χ3v) is 3.15. The number of hydrogen-bond acceptors (Lipinski definition) is 4. The molecule has 0 unspecified atom stereocenters. The maximum atomic E-state index is 5.49. The van der Waals surface area contributed by atoms with Crippen molar-refractivity contribution in [3.8, 4) is 5.75 Å². The molecule has 4 heteroatoms. The molecule has 0 spiro atoms. The Morgan fingerprint density at radius 1 is 1.21 bits per heavy atom. The van der Waals surface area contributed by atoms with E-state index in [9.17, 15) is 0 Å². The summed E-state index contributed by atoms with van der Waals surface area (Å²) in [4.78, 5) is 4.39. The summed E-state index contributed by atoms with van der Waals surface area (Å²) in [6.07, 6.45) is 5.19. The number of hydrogen-bond donors (Lipinski definition) is 2. The number of anilines is 1. The van der Waals surface area contributed by atoms with Gasteiger partial charge in [0.2, 0.25) is 0 Å². The van der Waals surface area contributed by atoms with Gasteiger partial charge in [-0.1, -0.05) is 18.6 Å². The topological polar surface area (TPSA) is 60.2 Å². The minimum atomic E-state index is 0.773. The van der Waals surface area contributed by atoms with E-state index in [-0.39, 0.29) is 0 Å². The van der Waals surface area contributed by atoms with Gasteiger partial charge in [-0.2, -0.15) is 0 Å². The number of aromatic nitrogens is 1. The lowest BCUT2D eigenvalue weighted by molar-refractivity contribution is 0.419. The zero-order valence-electron chi connectivity index (χ0n) is 11.4. The minimum Gasteiger partial charge on any atom is -0.494 e. The van der Waals surface area contributed by atoms with Crippen molar-refractivity contribution >= 4 is 16.6 Å². The molecule has 1 aromatic carbocycles. The molecule has 0 radical (unpaired) electrons. The van der Waals surface area contributed by atoms with Crippen molar-refractivity contribution in [3.05, 3.63) is 30.5 Å². The molecular weight excluding hydrogens is 238 g/mol. The maximum absolute atomic E-state index is 5.49. The van der Waals surface area contributed by atoms with Crippen LogP contribution in [0.1, 0.15) is 19.3 Å². The second-order valence-electron chi connectivity index (χ2n) is 4.49. The highest BCUT2D eigenvalue weighted by Crippen LogP contribution is 2.28. The van der Waals surface area contributed by atoms with Gasteiger partial charge in [-0.25, -0.2) is 0 Å². The zero-order chi connectivity index (χ0) is 13.5. The first-order valence-electron chi connectivity index (χ1n) is 6.72. The lowest BCUT2D eigenvalue weighted by atomic mass is 10.1. The molecule has 0 aliphatic carbocycles. The van der Waals surface area contributed by atoms with Crippen LogP contribution in [0.25, 0.3) is 10.9 Å². The maximum Gasteiger partial charge on any atom is 0.145 e. The Balaban J connectivity index is 2.10. The number of ether oxygens (including phenoxy) is 1. The van der Waals surface area contributed by atoms with Crippen LogP contribution < -0.4 is 15.8 Å². The standard InChI is InChI=1S/C15H21N3O/c1-19-14-7-5-6-12-13(8-11-18-15(12)14)17-10-4-2-3-9-16/h5-8,11H,2-4,9-10,16H2,1H3,(H,17,18). The summed E-state index contributed by atoms with van der Waals surface area (Å²) in [5.74, 6) is 0.810. The molecule has 3 N–H and O–H groups in total. The Hall–Kier alpha value is -1.81. The van der Waals surface area contributed by atoms with Crippen LogP contribution in [0.5, 0.6) is 5.75 Å². The SMILES string of the molecule is COc1cccc2c(NCCCCCN)ccnc12. The van der Waals surface area contributed by atoms with Crippen LogP contribution in [-0.4, -0.2) is 25.2 Å². The van der Waals surface area contributed by atoms with Gasteiger partial charge >= 0.3 is 0 Å². The van der Waals surface area contributed by atoms with E-state index in [1.165, 1.54) is 0 Å². The van der Waals surface area contributed by atoms with Crippen LogP contribution in [0.15, 0.2) is 30.5 Å². The van der Waals surface area contributed by atoms with Gasteiger partial charge in [-0.3, -0.25) is 4.98 Å². The predicted octanol–water partition coefficient (Wildman–Crippen LogP) is 2.78. The fourth-order valence-corrected chi connectivity index (χ4v) is 2.14. The van der Waals surface area contributed by atoms with Gasteiger partial charge in [0.1, 0.15) is 11.3 Å². The van der Waals surface area contributed by atoms with Gasteiger partial charge in [-0.15, -0.1) is 0 Å². The van der Waals surface area contributed by atoms with Gasteiger partial charge in [0.15, 0.2) is 0 Å². The first-order chi connectivity index (χ1) is 9.36. The van der Waals surface area contributed by atoms with E-state index in [1.54, 1.807) is 7.11 Å². The number of rotatable bonds is 7. The summed E-state index contributed by atoms with van der Waals surface area (Å²) in [5.41, 5.74) is 7.49. The van der Waals surface area contributed by atoms with Gasteiger partial charge in [0.25, 0.3) is 0 Å². The predicted molar refractivity (Wildman–Crippen MR) is 79.7 cm³/mol. The van der Waals surface area contributed by atoms with E-state index < -0.39 is 0 Å². The molecule has 0 aliphatic heterocycles. The van der Waals surface area contributed by atoms with E-state index in [2.05, 4.69) is 16.4 Å². The van der Waals surface area contributed by atoms with Crippen molar-refractivity contribution in [1.82, 2.24) is 4.98 Å². The largest absolute Gasteiger partial charge is 0.494 e. The van der Waals surface area contributed by atoms with Gasteiger partial charge in [0, 0.05) is 23.8 Å². The van der Waals surface area contributed by atoms with E-state index in [1.807, 2.05) is 24.4 Å². The molecule has 0 aliphatic rings. The number of nitrogens with two attached hydrogens (primary N) is 1. The van der Waals surface area contributed by atoms with Crippen molar-refractivity contribution in [3.63, 3.8) is 0 Å². The first kappa shape index (κ1) is 13.6. The third kappa shape index (κ3) is 3.35. The molecule has 0 amide bonds. The summed E-state index contributed by atoms with van der Waals surface area (Å²) in [7, 11) is 1.67. The number of para-hydroxylation sites is 1. The molecule has 0 saturated carbocycles. The lowest BCUT2D eigenvalue weighted by Gasteiger charge is -2.11. The zero-order valence-corrected chi connectivity index (χ0v) is 11.4. The highest BCUT2D eigenvalue weighted by molar-refractivity contribution is 5.94. The first-order valence-corrected chi connectivity index (χ1v) is 6.72. The Kier molecular flexibility index (Phi) is 4.98. The normalized spacial score (nSPS) is 10.6. The van der Waals surface area contributed by atoms with Crippen LogP contribution in [0, 0.1) is 0 Å². The minimum absolute atomic E-state index is 0.773. The van der Waals surface area contributed by atoms with E-state index in [4.69, 9.17) is 10.5 Å². The number of fused-ring (bicyclic) bond motifs is 1. The monoisotopic (exact) mass is 259 g/mol. The molecule has 1 aromatic heterocycles. The Morgan fingerprint density at radius 2 is 2.11 bits per heavy atom. The van der Waals surface area contributed by atoms with Crippen molar-refractivity contribution in [2.75, 3.05) is 25.5 Å². The summed E-state index contributed by atoms with van der Waals surface area (Å²) in [6, 6.07) is 7.99. The van der Waals surface area contributed by atoms with Crippen LogP contribution >= 0.6 is 0 Å². The van der Waals surface area contributed by atoms with Crippen LogP contribution in [-0.2, 0) is 0 Å². The molecule has 2 rings (SSSR count). The fraction of sp³-hybridized carbons (Fsp3) is 0.400. The Labute approximate surface area is 114 Å². The average Bonchev–Trinajstić information content (AvgIpc) is 2.46. The van der Waals surface area contributed by atoms with Crippen LogP contribution in [0.2, 0.25) is 0 Å². The number of pyridine rings is 1. The molecule has 4 nitrogen and oxygen atoms in total. The second kappa shape index (κ2) is 6.95. The summed E-state index contributed by atoms with van der Waals surface area (Å²) < 4.78 is 5.34. The highest BCUT2D eigenvalue weighted by Gasteiger charge is 2.05. The molecule has 2 aromatic rings. The third-order valence-electron chi connectivity index (χ3n) is 3.15. The summed E-state index contributed by atoms with van der Waals surface area (Å²) in [5, 5.41) is 4.56. The molecule has 1 heterocycles.